The summed E-state index contributed by atoms with van der Waals surface area (Å²) in [6, 6.07) is 0. The summed E-state index contributed by atoms with van der Waals surface area (Å²) in [4.78, 5) is 0. The van der Waals surface area contributed by atoms with E-state index in [-0.39, 0.29) is 10.8 Å². The fraction of sp³-hybridized carbons (Fsp3) is 1.00. The molecular weight excluding hydrogens is 286 g/mol. The van der Waals surface area contributed by atoms with Gasteiger partial charge in [-0.2, -0.15) is 0 Å². The van der Waals surface area contributed by atoms with Gasteiger partial charge < -0.3 is 0 Å². The van der Waals surface area contributed by atoms with Gasteiger partial charge in [0.1, 0.15) is 0 Å². The molecule has 0 aliphatic heterocycles. The molecule has 2 atom stereocenters. The summed E-state index contributed by atoms with van der Waals surface area (Å²) >= 11 is 23.1. The summed E-state index contributed by atoms with van der Waals surface area (Å²) in [5, 5.41) is 0.310. The molecular formula is C12H22Cl4. The van der Waals surface area contributed by atoms with Crippen molar-refractivity contribution >= 4 is 46.4 Å². The molecule has 0 saturated heterocycles. The van der Waals surface area contributed by atoms with E-state index in [9.17, 15) is 0 Å². The maximum atomic E-state index is 5.92. The van der Waals surface area contributed by atoms with Crippen LogP contribution in [0, 0.1) is 0 Å². The van der Waals surface area contributed by atoms with Gasteiger partial charge in [0.15, 0.2) is 0 Å². The minimum Gasteiger partial charge on any atom is -0.125 e. The summed E-state index contributed by atoms with van der Waals surface area (Å²) in [5.41, 5.74) is 0. The van der Waals surface area contributed by atoms with Crippen LogP contribution in [-0.4, -0.2) is 22.5 Å². The Labute approximate surface area is 120 Å². The van der Waals surface area contributed by atoms with Crippen LogP contribution < -0.4 is 0 Å². The molecule has 4 heteroatoms. The van der Waals surface area contributed by atoms with Crippen molar-refractivity contribution < 1.29 is 0 Å². The van der Waals surface area contributed by atoms with Crippen molar-refractivity contribution in [3.05, 3.63) is 0 Å². The zero-order valence-corrected chi connectivity index (χ0v) is 12.8. The first-order valence-corrected chi connectivity index (χ1v) is 8.05. The highest BCUT2D eigenvalue weighted by Crippen LogP contribution is 2.15. The quantitative estimate of drug-likeness (QED) is 0.334. The SMILES string of the molecule is ClC[C@H](Cl)CCCCCCCC[C@@H](Cl)CCl. The first-order valence-electron chi connectivity index (χ1n) is 6.10. The van der Waals surface area contributed by atoms with Gasteiger partial charge in [-0.25, -0.2) is 0 Å². The molecule has 0 aromatic carbocycles. The van der Waals surface area contributed by atoms with Crippen molar-refractivity contribution in [2.75, 3.05) is 11.8 Å². The maximum Gasteiger partial charge on any atom is 0.0471 e. The van der Waals surface area contributed by atoms with Gasteiger partial charge in [-0.05, 0) is 12.8 Å². The topological polar surface area (TPSA) is 0 Å². The maximum absolute atomic E-state index is 5.92. The van der Waals surface area contributed by atoms with E-state index in [1.807, 2.05) is 0 Å². The second-order valence-corrected chi connectivity index (χ2v) is 6.05. The predicted octanol–water partition coefficient (Wildman–Crippen LogP) is 5.80. The van der Waals surface area contributed by atoms with Crippen LogP contribution in [0.1, 0.15) is 51.4 Å². The second-order valence-electron chi connectivity index (χ2n) is 4.20. The lowest BCUT2D eigenvalue weighted by atomic mass is 10.1. The third-order valence-electron chi connectivity index (χ3n) is 2.62. The molecule has 0 aliphatic rings. The molecule has 0 bridgehead atoms. The molecule has 0 rings (SSSR count). The number of hydrogen-bond acceptors (Lipinski definition) is 0. The lowest BCUT2D eigenvalue weighted by molar-refractivity contribution is 0.566. The third kappa shape index (κ3) is 11.6. The van der Waals surface area contributed by atoms with Crippen molar-refractivity contribution in [3.63, 3.8) is 0 Å². The summed E-state index contributed by atoms with van der Waals surface area (Å²) in [6.45, 7) is 0. The van der Waals surface area contributed by atoms with Gasteiger partial charge in [-0.15, -0.1) is 46.4 Å². The fourth-order valence-electron chi connectivity index (χ4n) is 1.59. The molecule has 16 heavy (non-hydrogen) atoms. The van der Waals surface area contributed by atoms with Crippen molar-refractivity contribution in [1.82, 2.24) is 0 Å². The molecule has 0 heterocycles. The molecule has 0 fully saturated rings. The van der Waals surface area contributed by atoms with Crippen molar-refractivity contribution in [3.8, 4) is 0 Å². The van der Waals surface area contributed by atoms with Crippen LogP contribution >= 0.6 is 46.4 Å². The molecule has 0 saturated carbocycles. The van der Waals surface area contributed by atoms with E-state index in [1.165, 1.54) is 38.5 Å². The molecule has 98 valence electrons. The first kappa shape index (κ1) is 17.2. The molecule has 0 aliphatic carbocycles. The Kier molecular flexibility index (Phi) is 13.5. The molecule has 0 N–H and O–H groups in total. The zero-order valence-electron chi connectivity index (χ0n) is 9.74. The number of rotatable bonds is 11. The monoisotopic (exact) mass is 306 g/mol. The summed E-state index contributed by atoms with van der Waals surface area (Å²) in [6.07, 6.45) is 9.59. The predicted molar refractivity (Wildman–Crippen MR) is 77.7 cm³/mol. The largest absolute Gasteiger partial charge is 0.125 e. The highest BCUT2D eigenvalue weighted by molar-refractivity contribution is 6.28. The molecule has 0 spiro atoms. The van der Waals surface area contributed by atoms with Crippen molar-refractivity contribution in [1.29, 1.82) is 0 Å². The number of halogens is 4. The van der Waals surface area contributed by atoms with Crippen LogP contribution in [0.4, 0.5) is 0 Å². The van der Waals surface area contributed by atoms with Crippen LogP contribution in [0.15, 0.2) is 0 Å². The summed E-state index contributed by atoms with van der Waals surface area (Å²) < 4.78 is 0. The van der Waals surface area contributed by atoms with Gasteiger partial charge in [0.25, 0.3) is 0 Å². The smallest absolute Gasteiger partial charge is 0.0471 e. The molecule has 0 aromatic heterocycles. The van der Waals surface area contributed by atoms with E-state index < -0.39 is 0 Å². The highest BCUT2D eigenvalue weighted by atomic mass is 35.5. The van der Waals surface area contributed by atoms with E-state index >= 15 is 0 Å². The number of unbranched alkanes of at least 4 members (excludes halogenated alkanes) is 5. The average Bonchev–Trinajstić information content (AvgIpc) is 2.31. The number of alkyl halides is 4. The Morgan fingerprint density at radius 3 is 1.19 bits per heavy atom. The van der Waals surface area contributed by atoms with Crippen LogP contribution in [0.25, 0.3) is 0 Å². The summed E-state index contributed by atoms with van der Waals surface area (Å²) in [7, 11) is 0. The molecule has 0 amide bonds. The van der Waals surface area contributed by atoms with E-state index in [1.54, 1.807) is 0 Å². The minimum absolute atomic E-state index is 0.155. The average molecular weight is 308 g/mol. The van der Waals surface area contributed by atoms with Crippen LogP contribution in [-0.2, 0) is 0 Å². The van der Waals surface area contributed by atoms with Gasteiger partial charge in [-0.3, -0.25) is 0 Å². The second kappa shape index (κ2) is 12.6. The molecule has 0 unspecified atom stereocenters. The van der Waals surface area contributed by atoms with E-state index in [4.69, 9.17) is 46.4 Å². The Balaban J connectivity index is 3.04. The molecule has 0 aromatic rings. The van der Waals surface area contributed by atoms with Crippen LogP contribution in [0.2, 0.25) is 0 Å². The van der Waals surface area contributed by atoms with Gasteiger partial charge in [0, 0.05) is 22.5 Å². The third-order valence-corrected chi connectivity index (χ3v) is 4.43. The normalized spacial score (nSPS) is 15.0. The molecule has 0 nitrogen and oxygen atoms in total. The van der Waals surface area contributed by atoms with Crippen LogP contribution in [0.3, 0.4) is 0 Å². The lowest BCUT2D eigenvalue weighted by Crippen LogP contribution is -2.00. The fourth-order valence-corrected chi connectivity index (χ4v) is 2.21. The lowest BCUT2D eigenvalue weighted by Gasteiger charge is -2.06. The Bertz CT molecular complexity index is 125. The van der Waals surface area contributed by atoms with Crippen LogP contribution in [0.5, 0.6) is 0 Å². The van der Waals surface area contributed by atoms with Gasteiger partial charge >= 0.3 is 0 Å². The van der Waals surface area contributed by atoms with Gasteiger partial charge in [0.05, 0.1) is 0 Å². The van der Waals surface area contributed by atoms with E-state index in [0.29, 0.717) is 11.8 Å². The zero-order chi connectivity index (χ0) is 12.2. The van der Waals surface area contributed by atoms with Crippen molar-refractivity contribution in [2.24, 2.45) is 0 Å². The van der Waals surface area contributed by atoms with Gasteiger partial charge in [-0.1, -0.05) is 38.5 Å². The van der Waals surface area contributed by atoms with Gasteiger partial charge in [0.2, 0.25) is 0 Å². The highest BCUT2D eigenvalue weighted by Gasteiger charge is 2.02. The Morgan fingerprint density at radius 2 is 0.875 bits per heavy atom. The van der Waals surface area contributed by atoms with E-state index in [0.717, 1.165) is 12.8 Å². The number of hydrogen-bond donors (Lipinski definition) is 0. The Morgan fingerprint density at radius 1 is 0.562 bits per heavy atom. The Hall–Kier alpha value is 1.16. The van der Waals surface area contributed by atoms with Crippen molar-refractivity contribution in [2.45, 2.75) is 62.1 Å². The standard InChI is InChI=1S/C12H22Cl4/c13-9-11(15)7-5-3-1-2-4-6-8-12(16)10-14/h11-12H,1-10H2/t11-,12-/m1/s1. The minimum atomic E-state index is 0.155. The first-order chi connectivity index (χ1) is 7.70. The summed E-state index contributed by atoms with van der Waals surface area (Å²) in [5.74, 6) is 1.13. The van der Waals surface area contributed by atoms with E-state index in [2.05, 4.69) is 0 Å². The molecule has 0 radical (unpaired) electrons.